The van der Waals surface area contributed by atoms with E-state index < -0.39 is 0 Å². The number of halogens is 1. The predicted molar refractivity (Wildman–Crippen MR) is 119 cm³/mol. The van der Waals surface area contributed by atoms with Crippen LogP contribution in [0.2, 0.25) is 0 Å². The smallest absolute Gasteiger partial charge is 0.151 e. The Kier molecular flexibility index (Phi) is 5.11. The van der Waals surface area contributed by atoms with E-state index in [0.717, 1.165) is 50.3 Å². The lowest BCUT2D eigenvalue weighted by Gasteiger charge is -2.36. The van der Waals surface area contributed by atoms with Gasteiger partial charge in [0.05, 0.1) is 17.1 Å². The van der Waals surface area contributed by atoms with Gasteiger partial charge >= 0.3 is 0 Å². The quantitative estimate of drug-likeness (QED) is 0.592. The molecule has 3 heterocycles. The van der Waals surface area contributed by atoms with E-state index in [4.69, 9.17) is 16.6 Å². The third kappa shape index (κ3) is 3.54. The van der Waals surface area contributed by atoms with Gasteiger partial charge in [-0.15, -0.1) is 21.8 Å². The maximum absolute atomic E-state index is 7.23. The third-order valence-corrected chi connectivity index (χ3v) is 7.25. The van der Waals surface area contributed by atoms with E-state index >= 15 is 0 Å². The van der Waals surface area contributed by atoms with Crippen molar-refractivity contribution in [2.75, 3.05) is 0 Å². The third-order valence-electron chi connectivity index (χ3n) is 6.65. The molecule has 5 nitrogen and oxygen atoms in total. The summed E-state index contributed by atoms with van der Waals surface area (Å²) in [5.41, 5.74) is 6.03. The Morgan fingerprint density at radius 3 is 2.77 bits per heavy atom. The zero-order valence-corrected chi connectivity index (χ0v) is 18.4. The molecule has 6 heteroatoms. The van der Waals surface area contributed by atoms with E-state index in [2.05, 4.69) is 70.3 Å². The fraction of sp³-hybridized carbons (Fsp3) is 0.458. The number of hydrogen-bond donors (Lipinski definition) is 1. The summed E-state index contributed by atoms with van der Waals surface area (Å²) in [5.74, 6) is 1.90. The van der Waals surface area contributed by atoms with Crippen LogP contribution in [0.1, 0.15) is 79.7 Å². The van der Waals surface area contributed by atoms with Crippen LogP contribution in [0.3, 0.4) is 0 Å². The Balaban J connectivity index is 1.37. The molecular weight excluding hydrogens is 394 g/mol. The lowest BCUT2D eigenvalue weighted by atomic mass is 9.76. The largest absolute Gasteiger partial charge is 0.306 e. The summed E-state index contributed by atoms with van der Waals surface area (Å²) in [6.07, 6.45) is 5.88. The summed E-state index contributed by atoms with van der Waals surface area (Å²) < 4.78 is 2.07. The van der Waals surface area contributed by atoms with Crippen LogP contribution < -0.4 is 5.32 Å². The predicted octanol–water partition coefficient (Wildman–Crippen LogP) is 5.18. The number of aromatic nitrogens is 4. The lowest BCUT2D eigenvalue weighted by molar-refractivity contribution is 0.354. The minimum Gasteiger partial charge on any atom is -0.306 e. The molecule has 1 N–H and O–H groups in total. The number of nitrogens with zero attached hydrogens (tertiary/aromatic N) is 4. The molecule has 0 saturated heterocycles. The van der Waals surface area contributed by atoms with E-state index in [9.17, 15) is 0 Å². The van der Waals surface area contributed by atoms with Gasteiger partial charge in [0.15, 0.2) is 5.82 Å². The van der Waals surface area contributed by atoms with Crippen molar-refractivity contribution in [2.24, 2.45) is 0 Å². The molecule has 1 fully saturated rings. The van der Waals surface area contributed by atoms with E-state index in [1.165, 1.54) is 22.5 Å². The molecule has 0 amide bonds. The molecule has 30 heavy (non-hydrogen) atoms. The summed E-state index contributed by atoms with van der Waals surface area (Å²) in [7, 11) is 0. The fourth-order valence-corrected chi connectivity index (χ4v) is 5.14. The van der Waals surface area contributed by atoms with Crippen molar-refractivity contribution < 1.29 is 0 Å². The Morgan fingerprint density at radius 2 is 1.97 bits per heavy atom. The molecule has 1 saturated carbocycles. The van der Waals surface area contributed by atoms with Gasteiger partial charge in [0, 0.05) is 23.9 Å². The van der Waals surface area contributed by atoms with Gasteiger partial charge in [-0.05, 0) is 60.9 Å². The highest BCUT2D eigenvalue weighted by atomic mass is 35.5. The summed E-state index contributed by atoms with van der Waals surface area (Å²) in [4.78, 5) is 4.63. The van der Waals surface area contributed by atoms with Gasteiger partial charge in [-0.2, -0.15) is 0 Å². The monoisotopic (exact) mass is 421 g/mol. The SMILES string of the molecule is CC(C)c1cccc(C2CCC(Cl)(c3ccc4c(c3)CNCc3nncn3-4)CC2)n1. The van der Waals surface area contributed by atoms with Gasteiger partial charge < -0.3 is 5.32 Å². The van der Waals surface area contributed by atoms with Crippen LogP contribution in [0.25, 0.3) is 5.69 Å². The van der Waals surface area contributed by atoms with Gasteiger partial charge in [-0.25, -0.2) is 0 Å². The van der Waals surface area contributed by atoms with Crippen molar-refractivity contribution in [3.63, 3.8) is 0 Å². The molecule has 1 aromatic carbocycles. The summed E-state index contributed by atoms with van der Waals surface area (Å²) in [5, 5.41) is 11.7. The highest BCUT2D eigenvalue weighted by Crippen LogP contribution is 2.48. The first kappa shape index (κ1) is 19.7. The fourth-order valence-electron chi connectivity index (χ4n) is 4.81. The zero-order chi connectivity index (χ0) is 20.7. The Hall–Kier alpha value is -2.24. The van der Waals surface area contributed by atoms with Crippen LogP contribution in [0.4, 0.5) is 0 Å². The van der Waals surface area contributed by atoms with Crippen LogP contribution in [-0.4, -0.2) is 19.7 Å². The molecule has 0 bridgehead atoms. The second-order valence-corrected chi connectivity index (χ2v) is 9.67. The van der Waals surface area contributed by atoms with E-state index in [-0.39, 0.29) is 4.87 Å². The highest BCUT2D eigenvalue weighted by molar-refractivity contribution is 6.24. The van der Waals surface area contributed by atoms with Crippen molar-refractivity contribution in [2.45, 2.75) is 69.3 Å². The summed E-state index contributed by atoms with van der Waals surface area (Å²) in [6.45, 7) is 5.94. The first-order valence-corrected chi connectivity index (χ1v) is 11.3. The van der Waals surface area contributed by atoms with Crippen molar-refractivity contribution in [3.05, 3.63) is 71.1 Å². The minimum absolute atomic E-state index is 0.302. The standard InChI is InChI=1S/C24H28ClN5/c1-16(2)20-4-3-5-21(28-20)17-8-10-24(25,11-9-17)19-6-7-22-18(12-19)13-26-14-23-29-27-15-30(22)23/h3-7,12,15-17,26H,8-11,13-14H2,1-2H3. The molecular formula is C24H28ClN5. The van der Waals surface area contributed by atoms with Crippen LogP contribution in [-0.2, 0) is 18.0 Å². The van der Waals surface area contributed by atoms with Crippen LogP contribution >= 0.6 is 11.6 Å². The Labute approximate surface area is 182 Å². The van der Waals surface area contributed by atoms with Crippen LogP contribution in [0.5, 0.6) is 0 Å². The molecule has 2 aliphatic rings. The second-order valence-electron chi connectivity index (χ2n) is 8.95. The number of nitrogens with one attached hydrogen (secondary N) is 1. The van der Waals surface area contributed by atoms with Crippen LogP contribution in [0, 0.1) is 0 Å². The average molecular weight is 422 g/mol. The van der Waals surface area contributed by atoms with Gasteiger partial charge in [-0.1, -0.05) is 32.0 Å². The van der Waals surface area contributed by atoms with E-state index in [1.54, 1.807) is 6.33 Å². The molecule has 5 rings (SSSR count). The Morgan fingerprint density at radius 1 is 1.13 bits per heavy atom. The number of rotatable bonds is 3. The lowest BCUT2D eigenvalue weighted by Crippen LogP contribution is -2.26. The number of alkyl halides is 1. The number of pyridine rings is 1. The maximum atomic E-state index is 7.23. The number of hydrogen-bond acceptors (Lipinski definition) is 4. The topological polar surface area (TPSA) is 55.6 Å². The van der Waals surface area contributed by atoms with Gasteiger partial charge in [0.2, 0.25) is 0 Å². The van der Waals surface area contributed by atoms with E-state index in [1.807, 2.05) is 0 Å². The van der Waals surface area contributed by atoms with Crippen molar-refractivity contribution in [1.82, 2.24) is 25.1 Å². The molecule has 156 valence electrons. The van der Waals surface area contributed by atoms with E-state index in [0.29, 0.717) is 11.8 Å². The maximum Gasteiger partial charge on any atom is 0.151 e. The molecule has 0 unspecified atom stereocenters. The van der Waals surface area contributed by atoms with Gasteiger partial charge in [0.25, 0.3) is 0 Å². The molecule has 0 atom stereocenters. The average Bonchev–Trinajstić information content (AvgIpc) is 3.15. The summed E-state index contributed by atoms with van der Waals surface area (Å²) >= 11 is 7.23. The van der Waals surface area contributed by atoms with Gasteiger partial charge in [0.1, 0.15) is 6.33 Å². The molecule has 0 radical (unpaired) electrons. The van der Waals surface area contributed by atoms with Crippen molar-refractivity contribution >= 4 is 11.6 Å². The van der Waals surface area contributed by atoms with Crippen molar-refractivity contribution in [1.29, 1.82) is 0 Å². The number of fused-ring (bicyclic) bond motifs is 3. The first-order chi connectivity index (χ1) is 14.5. The molecule has 1 aliphatic carbocycles. The van der Waals surface area contributed by atoms with Gasteiger partial charge in [-0.3, -0.25) is 9.55 Å². The summed E-state index contributed by atoms with van der Waals surface area (Å²) in [6, 6.07) is 13.1. The zero-order valence-electron chi connectivity index (χ0n) is 17.6. The normalized spacial score (nSPS) is 23.7. The number of benzene rings is 1. The first-order valence-electron chi connectivity index (χ1n) is 10.9. The highest BCUT2D eigenvalue weighted by Gasteiger charge is 2.36. The second kappa shape index (κ2) is 7.78. The van der Waals surface area contributed by atoms with Crippen molar-refractivity contribution in [3.8, 4) is 5.69 Å². The van der Waals surface area contributed by atoms with Crippen LogP contribution in [0.15, 0.2) is 42.7 Å². The molecule has 2 aromatic heterocycles. The molecule has 3 aromatic rings. The molecule has 0 spiro atoms. The molecule has 1 aliphatic heterocycles. The minimum atomic E-state index is -0.302. The Bertz CT molecular complexity index is 1050.